The average Bonchev–Trinajstić information content (AvgIpc) is 2.71. The Hall–Kier alpha value is -1.97. The van der Waals surface area contributed by atoms with E-state index in [1.54, 1.807) is 13.2 Å². The fourth-order valence-corrected chi connectivity index (χ4v) is 1.13. The van der Waals surface area contributed by atoms with Gasteiger partial charge in [0, 0.05) is 18.5 Å². The molecule has 2 heterocycles. The van der Waals surface area contributed by atoms with E-state index in [0.29, 0.717) is 5.88 Å². The third-order valence-electron chi connectivity index (χ3n) is 1.78. The van der Waals surface area contributed by atoms with Crippen LogP contribution in [0, 0.1) is 0 Å². The van der Waals surface area contributed by atoms with E-state index in [0.717, 1.165) is 5.82 Å². The minimum Gasteiger partial charge on any atom is -0.481 e. The number of aromatic nitrogens is 2. The first-order valence-corrected chi connectivity index (χ1v) is 4.29. The number of hydrogen-bond acceptors (Lipinski definition) is 3. The summed E-state index contributed by atoms with van der Waals surface area (Å²) in [5.74, 6) is 1.35. The van der Waals surface area contributed by atoms with Gasteiger partial charge in [-0.15, -0.1) is 0 Å². The summed E-state index contributed by atoms with van der Waals surface area (Å²) in [6, 6.07) is 9.45. The zero-order valence-corrected chi connectivity index (χ0v) is 7.84. The van der Waals surface area contributed by atoms with Gasteiger partial charge < -0.3 is 4.74 Å². The summed E-state index contributed by atoms with van der Waals surface area (Å²) in [4.78, 5) is 4.21. The van der Waals surface area contributed by atoms with Crippen molar-refractivity contribution in [2.45, 2.75) is 0 Å². The molecule has 0 spiro atoms. The number of pyridine rings is 1. The molecular weight excluding hydrogens is 178 g/mol. The number of anilines is 1. The summed E-state index contributed by atoms with van der Waals surface area (Å²) in [6.07, 6.45) is 3.81. The van der Waals surface area contributed by atoms with Crippen LogP contribution in [0.4, 0.5) is 5.82 Å². The highest BCUT2D eigenvalue weighted by atomic mass is 16.5. The molecule has 0 atom stereocenters. The van der Waals surface area contributed by atoms with Gasteiger partial charge in [-0.2, -0.15) is 4.98 Å². The molecule has 4 heteroatoms. The number of hydrogen-bond donors (Lipinski definition) is 1. The predicted molar refractivity (Wildman–Crippen MR) is 54.2 cm³/mol. The first-order chi connectivity index (χ1) is 6.88. The molecule has 1 N–H and O–H groups in total. The summed E-state index contributed by atoms with van der Waals surface area (Å²) in [6.45, 7) is 0. The monoisotopic (exact) mass is 189 g/mol. The molecule has 72 valence electrons. The Balaban J connectivity index is 2.17. The standard InChI is InChI=1S/C10H11N3O/c1-14-10-6-4-5-9(11-10)12-13-7-2-3-8-13/h2-8H,1H3,(H,11,12). The summed E-state index contributed by atoms with van der Waals surface area (Å²) in [5, 5.41) is 0. The van der Waals surface area contributed by atoms with E-state index in [2.05, 4.69) is 10.4 Å². The van der Waals surface area contributed by atoms with Crippen molar-refractivity contribution in [3.05, 3.63) is 42.7 Å². The number of methoxy groups -OCH3 is 1. The smallest absolute Gasteiger partial charge is 0.214 e. The van der Waals surface area contributed by atoms with Crippen LogP contribution >= 0.6 is 0 Å². The Bertz CT molecular complexity index is 398. The Morgan fingerprint density at radius 1 is 1.21 bits per heavy atom. The van der Waals surface area contributed by atoms with Crippen LogP contribution in [0.1, 0.15) is 0 Å². The molecule has 0 saturated carbocycles. The highest BCUT2D eigenvalue weighted by Crippen LogP contribution is 2.10. The molecule has 2 aromatic rings. The molecular formula is C10H11N3O. The molecule has 2 aromatic heterocycles. The first kappa shape index (κ1) is 8.62. The van der Waals surface area contributed by atoms with E-state index < -0.39 is 0 Å². The van der Waals surface area contributed by atoms with Gasteiger partial charge >= 0.3 is 0 Å². The van der Waals surface area contributed by atoms with Crippen molar-refractivity contribution in [2.24, 2.45) is 0 Å². The normalized spacial score (nSPS) is 9.79. The van der Waals surface area contributed by atoms with Gasteiger partial charge in [0.05, 0.1) is 7.11 Å². The quantitative estimate of drug-likeness (QED) is 0.799. The van der Waals surface area contributed by atoms with Crippen molar-refractivity contribution in [3.63, 3.8) is 0 Å². The Morgan fingerprint density at radius 3 is 2.71 bits per heavy atom. The molecule has 0 radical (unpaired) electrons. The van der Waals surface area contributed by atoms with Crippen molar-refractivity contribution in [1.29, 1.82) is 0 Å². The lowest BCUT2D eigenvalue weighted by molar-refractivity contribution is 0.398. The van der Waals surface area contributed by atoms with Gasteiger partial charge in [0.1, 0.15) is 5.82 Å². The Morgan fingerprint density at radius 2 is 2.00 bits per heavy atom. The van der Waals surface area contributed by atoms with Crippen LogP contribution in [0.3, 0.4) is 0 Å². The molecule has 0 aliphatic rings. The molecule has 14 heavy (non-hydrogen) atoms. The highest BCUT2D eigenvalue weighted by Gasteiger charge is 1.95. The third kappa shape index (κ3) is 1.85. The van der Waals surface area contributed by atoms with Gasteiger partial charge in [0.2, 0.25) is 5.88 Å². The van der Waals surface area contributed by atoms with Gasteiger partial charge in [-0.1, -0.05) is 6.07 Å². The SMILES string of the molecule is COc1cccc(Nn2cccc2)n1. The maximum atomic E-state index is 5.01. The minimum atomic E-state index is 0.599. The van der Waals surface area contributed by atoms with Gasteiger partial charge in [0.25, 0.3) is 0 Å². The van der Waals surface area contributed by atoms with Crippen LogP contribution in [0.2, 0.25) is 0 Å². The number of ether oxygens (including phenoxy) is 1. The summed E-state index contributed by atoms with van der Waals surface area (Å²) in [5.41, 5.74) is 3.08. The van der Waals surface area contributed by atoms with Crippen molar-refractivity contribution < 1.29 is 4.74 Å². The highest BCUT2D eigenvalue weighted by molar-refractivity contribution is 5.36. The van der Waals surface area contributed by atoms with Gasteiger partial charge in [-0.3, -0.25) is 10.1 Å². The Kier molecular flexibility index (Phi) is 2.36. The number of nitrogens with zero attached hydrogens (tertiary/aromatic N) is 2. The van der Waals surface area contributed by atoms with Crippen LogP contribution in [0.5, 0.6) is 5.88 Å². The summed E-state index contributed by atoms with van der Waals surface area (Å²) >= 11 is 0. The second-order valence-corrected chi connectivity index (χ2v) is 2.77. The second kappa shape index (κ2) is 3.83. The predicted octanol–water partition coefficient (Wildman–Crippen LogP) is 1.77. The fourth-order valence-electron chi connectivity index (χ4n) is 1.13. The van der Waals surface area contributed by atoms with Crippen molar-refractivity contribution in [3.8, 4) is 5.88 Å². The molecule has 0 unspecified atom stereocenters. The molecule has 0 amide bonds. The number of nitrogens with one attached hydrogen (secondary N) is 1. The van der Waals surface area contributed by atoms with E-state index in [1.165, 1.54) is 0 Å². The van der Waals surface area contributed by atoms with Crippen molar-refractivity contribution in [1.82, 2.24) is 9.66 Å². The summed E-state index contributed by atoms with van der Waals surface area (Å²) < 4.78 is 6.83. The molecule has 0 bridgehead atoms. The van der Waals surface area contributed by atoms with Crippen LogP contribution in [0.25, 0.3) is 0 Å². The summed E-state index contributed by atoms with van der Waals surface area (Å²) in [7, 11) is 1.60. The van der Waals surface area contributed by atoms with Crippen LogP contribution in [0.15, 0.2) is 42.7 Å². The zero-order valence-electron chi connectivity index (χ0n) is 7.84. The van der Waals surface area contributed by atoms with Gasteiger partial charge in [-0.25, -0.2) is 0 Å². The van der Waals surface area contributed by atoms with Crippen molar-refractivity contribution >= 4 is 5.82 Å². The van der Waals surface area contributed by atoms with Gasteiger partial charge in [-0.05, 0) is 18.2 Å². The number of rotatable bonds is 3. The third-order valence-corrected chi connectivity index (χ3v) is 1.78. The largest absolute Gasteiger partial charge is 0.481 e. The molecule has 0 saturated heterocycles. The lowest BCUT2D eigenvalue weighted by atomic mass is 10.4. The second-order valence-electron chi connectivity index (χ2n) is 2.77. The van der Waals surface area contributed by atoms with Crippen LogP contribution in [-0.2, 0) is 0 Å². The van der Waals surface area contributed by atoms with E-state index in [1.807, 2.05) is 41.3 Å². The lowest BCUT2D eigenvalue weighted by Gasteiger charge is -2.07. The van der Waals surface area contributed by atoms with Crippen LogP contribution < -0.4 is 10.2 Å². The molecule has 0 fully saturated rings. The Labute approximate surface area is 82.1 Å². The fraction of sp³-hybridized carbons (Fsp3) is 0.100. The van der Waals surface area contributed by atoms with Gasteiger partial charge in [0.15, 0.2) is 0 Å². The zero-order chi connectivity index (χ0) is 9.80. The van der Waals surface area contributed by atoms with Crippen molar-refractivity contribution in [2.75, 3.05) is 12.5 Å². The lowest BCUT2D eigenvalue weighted by Crippen LogP contribution is -2.07. The van der Waals surface area contributed by atoms with E-state index in [4.69, 9.17) is 4.74 Å². The maximum Gasteiger partial charge on any atom is 0.214 e. The molecule has 0 aliphatic carbocycles. The first-order valence-electron chi connectivity index (χ1n) is 4.29. The van der Waals surface area contributed by atoms with E-state index >= 15 is 0 Å². The molecule has 4 nitrogen and oxygen atoms in total. The minimum absolute atomic E-state index is 0.599. The average molecular weight is 189 g/mol. The molecule has 2 rings (SSSR count). The van der Waals surface area contributed by atoms with Crippen LogP contribution in [-0.4, -0.2) is 16.8 Å². The molecule has 0 aromatic carbocycles. The molecule has 0 aliphatic heterocycles. The maximum absolute atomic E-state index is 5.01. The van der Waals surface area contributed by atoms with E-state index in [9.17, 15) is 0 Å². The topological polar surface area (TPSA) is 39.1 Å². The van der Waals surface area contributed by atoms with E-state index in [-0.39, 0.29) is 0 Å².